The molecule has 0 amide bonds. The number of allylic oxidation sites excluding steroid dienone is 20. The molecule has 0 spiro atoms. The van der Waals surface area contributed by atoms with Crippen LogP contribution in [-0.2, 0) is 28.6 Å². The van der Waals surface area contributed by atoms with Gasteiger partial charge in [-0.2, -0.15) is 0 Å². The number of unbranched alkanes of at least 4 members (excludes halogenated alkanes) is 16. The molecular formula is C61H98O6. The zero-order chi connectivity index (χ0) is 48.6. The second kappa shape index (κ2) is 54.4. The molecule has 1 atom stereocenters. The van der Waals surface area contributed by atoms with Crippen LogP contribution in [0.15, 0.2) is 122 Å². The molecule has 0 bridgehead atoms. The van der Waals surface area contributed by atoms with Crippen LogP contribution in [-0.4, -0.2) is 37.2 Å². The highest BCUT2D eigenvalue weighted by Crippen LogP contribution is 2.12. The van der Waals surface area contributed by atoms with Crippen LogP contribution in [0.1, 0.15) is 226 Å². The molecule has 0 heterocycles. The predicted molar refractivity (Wildman–Crippen MR) is 288 cm³/mol. The maximum Gasteiger partial charge on any atom is 0.306 e. The number of ether oxygens (including phenoxy) is 3. The minimum Gasteiger partial charge on any atom is -0.462 e. The molecule has 0 aliphatic rings. The second-order valence-electron chi connectivity index (χ2n) is 17.4. The van der Waals surface area contributed by atoms with Crippen LogP contribution >= 0.6 is 0 Å². The number of hydrogen-bond donors (Lipinski definition) is 0. The quantitative estimate of drug-likeness (QED) is 0.0262. The van der Waals surface area contributed by atoms with Gasteiger partial charge in [0.05, 0.1) is 0 Å². The highest BCUT2D eigenvalue weighted by Gasteiger charge is 2.19. The molecule has 6 heteroatoms. The molecule has 378 valence electrons. The average Bonchev–Trinajstić information content (AvgIpc) is 3.33. The van der Waals surface area contributed by atoms with Crippen molar-refractivity contribution >= 4 is 17.9 Å². The van der Waals surface area contributed by atoms with Gasteiger partial charge < -0.3 is 14.2 Å². The molecule has 67 heavy (non-hydrogen) atoms. The fraction of sp³-hybridized carbons (Fsp3) is 0.623. The maximum absolute atomic E-state index is 12.8. The zero-order valence-electron chi connectivity index (χ0n) is 43.1. The highest BCUT2D eigenvalue weighted by atomic mass is 16.6. The first-order valence-corrected chi connectivity index (χ1v) is 27.0. The van der Waals surface area contributed by atoms with Gasteiger partial charge in [-0.05, 0) is 135 Å². The van der Waals surface area contributed by atoms with Gasteiger partial charge in [0, 0.05) is 19.3 Å². The normalized spacial score (nSPS) is 13.1. The molecule has 0 fully saturated rings. The number of carbonyl (C=O) groups excluding carboxylic acids is 3. The van der Waals surface area contributed by atoms with E-state index in [1.54, 1.807) is 0 Å². The van der Waals surface area contributed by atoms with Crippen molar-refractivity contribution in [2.75, 3.05) is 13.2 Å². The molecule has 0 radical (unpaired) electrons. The molecule has 0 aliphatic heterocycles. The Morgan fingerprint density at radius 2 is 0.582 bits per heavy atom. The second-order valence-corrected chi connectivity index (χ2v) is 17.4. The topological polar surface area (TPSA) is 78.9 Å². The maximum atomic E-state index is 12.8. The number of carbonyl (C=O) groups is 3. The van der Waals surface area contributed by atoms with Crippen molar-refractivity contribution in [3.63, 3.8) is 0 Å². The SMILES string of the molecule is CC/C=C\C/C=C\C/C=C\CCCCCCCC(=O)OC[C@H](COC(=O)CCCCC/C=C\C/C=C\C/C=C\C/C=C\CCCCC)OC(=O)CCCC/C=C\C/C=C\C/C=C\CCCCC. The van der Waals surface area contributed by atoms with E-state index in [1.165, 1.54) is 51.4 Å². The van der Waals surface area contributed by atoms with Crippen molar-refractivity contribution in [1.82, 2.24) is 0 Å². The summed E-state index contributed by atoms with van der Waals surface area (Å²) in [4.78, 5) is 38.1. The summed E-state index contributed by atoms with van der Waals surface area (Å²) in [5.74, 6) is -1.01. The van der Waals surface area contributed by atoms with Crippen molar-refractivity contribution in [2.45, 2.75) is 232 Å². The van der Waals surface area contributed by atoms with E-state index in [0.717, 1.165) is 128 Å². The summed E-state index contributed by atoms with van der Waals surface area (Å²) < 4.78 is 16.8. The van der Waals surface area contributed by atoms with E-state index in [2.05, 4.69) is 142 Å². The fourth-order valence-corrected chi connectivity index (χ4v) is 6.86. The van der Waals surface area contributed by atoms with E-state index in [9.17, 15) is 14.4 Å². The summed E-state index contributed by atoms with van der Waals surface area (Å²) in [5.41, 5.74) is 0. The molecule has 0 saturated heterocycles. The Morgan fingerprint density at radius 1 is 0.313 bits per heavy atom. The third-order valence-electron chi connectivity index (χ3n) is 10.9. The van der Waals surface area contributed by atoms with E-state index >= 15 is 0 Å². The Bertz CT molecular complexity index is 1440. The van der Waals surface area contributed by atoms with Crippen molar-refractivity contribution in [1.29, 1.82) is 0 Å². The number of esters is 3. The fourth-order valence-electron chi connectivity index (χ4n) is 6.86. The van der Waals surface area contributed by atoms with E-state index < -0.39 is 6.10 Å². The van der Waals surface area contributed by atoms with Crippen molar-refractivity contribution in [2.24, 2.45) is 0 Å². The highest BCUT2D eigenvalue weighted by molar-refractivity contribution is 5.71. The first-order chi connectivity index (χ1) is 33.0. The van der Waals surface area contributed by atoms with Crippen LogP contribution in [0, 0.1) is 0 Å². The van der Waals surface area contributed by atoms with Crippen LogP contribution in [0.5, 0.6) is 0 Å². The molecule has 0 rings (SSSR count). The summed E-state index contributed by atoms with van der Waals surface area (Å²) in [5, 5.41) is 0. The molecule has 0 aliphatic carbocycles. The van der Waals surface area contributed by atoms with Gasteiger partial charge in [-0.25, -0.2) is 0 Å². The van der Waals surface area contributed by atoms with E-state index in [4.69, 9.17) is 14.2 Å². The Kier molecular flexibility index (Phi) is 51.0. The first kappa shape index (κ1) is 62.8. The third kappa shape index (κ3) is 52.6. The Morgan fingerprint density at radius 3 is 0.955 bits per heavy atom. The Labute approximate surface area is 412 Å². The van der Waals surface area contributed by atoms with Gasteiger partial charge in [0.25, 0.3) is 0 Å². The molecule has 6 nitrogen and oxygen atoms in total. The summed E-state index contributed by atoms with van der Waals surface area (Å²) >= 11 is 0. The monoisotopic (exact) mass is 927 g/mol. The molecule has 0 saturated carbocycles. The summed E-state index contributed by atoms with van der Waals surface area (Å²) in [6, 6.07) is 0. The summed E-state index contributed by atoms with van der Waals surface area (Å²) in [6.07, 6.45) is 74.7. The lowest BCUT2D eigenvalue weighted by Gasteiger charge is -2.18. The molecular weight excluding hydrogens is 829 g/mol. The van der Waals surface area contributed by atoms with Gasteiger partial charge in [0.15, 0.2) is 6.10 Å². The van der Waals surface area contributed by atoms with Crippen LogP contribution < -0.4 is 0 Å². The van der Waals surface area contributed by atoms with Crippen LogP contribution in [0.25, 0.3) is 0 Å². The molecule has 0 aromatic carbocycles. The molecule has 0 aromatic rings. The minimum atomic E-state index is -0.822. The van der Waals surface area contributed by atoms with Gasteiger partial charge in [0.1, 0.15) is 13.2 Å². The zero-order valence-corrected chi connectivity index (χ0v) is 43.1. The predicted octanol–water partition coefficient (Wildman–Crippen LogP) is 18.1. The van der Waals surface area contributed by atoms with Crippen molar-refractivity contribution in [3.05, 3.63) is 122 Å². The average molecular weight is 927 g/mol. The van der Waals surface area contributed by atoms with Gasteiger partial charge in [-0.15, -0.1) is 0 Å². The molecule has 0 unspecified atom stereocenters. The van der Waals surface area contributed by atoms with Gasteiger partial charge in [-0.3, -0.25) is 14.4 Å². The Hall–Kier alpha value is -4.19. The summed E-state index contributed by atoms with van der Waals surface area (Å²) in [7, 11) is 0. The number of rotatable bonds is 47. The summed E-state index contributed by atoms with van der Waals surface area (Å²) in [6.45, 7) is 6.38. The number of hydrogen-bond acceptors (Lipinski definition) is 6. The van der Waals surface area contributed by atoms with E-state index in [1.807, 2.05) is 0 Å². The molecule has 0 aromatic heterocycles. The standard InChI is InChI=1S/C61H98O6/c1-4-7-10-13-16-19-22-25-28-29-30-31-34-36-39-42-45-48-51-54-60(63)66-57-58(67-61(64)55-52-49-46-43-40-37-33-27-24-21-18-15-12-9-6-3)56-65-59(62)53-50-47-44-41-38-35-32-26-23-20-17-14-11-8-5-2/h8,11,16-21,25-28,30-33,36,39-40,43,58H,4-7,9-10,12-15,22-24,29,34-35,37-38,41-42,44-57H2,1-3H3/b11-8-,19-16-,20-17-,21-18-,28-25-,31-30-,32-26-,33-27-,39-36-,43-40-/t58-/m1/s1. The van der Waals surface area contributed by atoms with Crippen LogP contribution in [0.2, 0.25) is 0 Å². The Balaban J connectivity index is 4.55. The smallest absolute Gasteiger partial charge is 0.306 e. The lowest BCUT2D eigenvalue weighted by atomic mass is 10.1. The van der Waals surface area contributed by atoms with E-state index in [0.29, 0.717) is 19.3 Å². The van der Waals surface area contributed by atoms with Gasteiger partial charge in [-0.1, -0.05) is 194 Å². The van der Waals surface area contributed by atoms with Gasteiger partial charge >= 0.3 is 17.9 Å². The first-order valence-electron chi connectivity index (χ1n) is 27.0. The lowest BCUT2D eigenvalue weighted by Crippen LogP contribution is -2.30. The van der Waals surface area contributed by atoms with Crippen LogP contribution in [0.3, 0.4) is 0 Å². The largest absolute Gasteiger partial charge is 0.462 e. The van der Waals surface area contributed by atoms with Crippen molar-refractivity contribution in [3.8, 4) is 0 Å². The van der Waals surface area contributed by atoms with E-state index in [-0.39, 0.29) is 37.5 Å². The third-order valence-corrected chi connectivity index (χ3v) is 10.9. The van der Waals surface area contributed by atoms with Crippen LogP contribution in [0.4, 0.5) is 0 Å². The van der Waals surface area contributed by atoms with Gasteiger partial charge in [0.2, 0.25) is 0 Å². The molecule has 0 N–H and O–H groups in total. The minimum absolute atomic E-state index is 0.116. The van der Waals surface area contributed by atoms with Crippen molar-refractivity contribution < 1.29 is 28.6 Å². The lowest BCUT2D eigenvalue weighted by molar-refractivity contribution is -0.167.